The summed E-state index contributed by atoms with van der Waals surface area (Å²) in [5.74, 6) is 0.463. The van der Waals surface area contributed by atoms with Gasteiger partial charge in [-0.1, -0.05) is 36.4 Å². The summed E-state index contributed by atoms with van der Waals surface area (Å²) >= 11 is 0. The van der Waals surface area contributed by atoms with Crippen molar-refractivity contribution in [2.45, 2.75) is 19.9 Å². The Morgan fingerprint density at radius 3 is 2.66 bits per heavy atom. The van der Waals surface area contributed by atoms with Crippen molar-refractivity contribution in [1.82, 2.24) is 9.38 Å². The normalized spacial score (nSPS) is 11.9. The first kappa shape index (κ1) is 18.7. The molecule has 0 radical (unpaired) electrons. The number of aryl methyl sites for hydroxylation is 1. The average molecular weight is 385 g/mol. The lowest BCUT2D eigenvalue weighted by molar-refractivity contribution is 0.0529. The number of anilines is 1. The van der Waals surface area contributed by atoms with Crippen LogP contribution in [0.4, 0.5) is 5.82 Å². The molecule has 29 heavy (non-hydrogen) atoms. The van der Waals surface area contributed by atoms with E-state index in [9.17, 15) is 4.79 Å². The van der Waals surface area contributed by atoms with Crippen molar-refractivity contribution in [3.05, 3.63) is 102 Å². The maximum Gasteiger partial charge on any atom is 0.340 e. The third kappa shape index (κ3) is 3.85. The van der Waals surface area contributed by atoms with Crippen molar-refractivity contribution < 1.29 is 9.53 Å². The molecule has 0 bridgehead atoms. The maximum absolute atomic E-state index is 12.6. The number of nitrogens with one attached hydrogen (secondary N) is 1. The third-order valence-electron chi connectivity index (χ3n) is 4.84. The highest BCUT2D eigenvalue weighted by atomic mass is 16.5. The molecule has 3 aromatic heterocycles. The number of esters is 1. The Hall–Kier alpha value is -3.60. The first-order valence-electron chi connectivity index (χ1n) is 9.68. The fourth-order valence-corrected chi connectivity index (χ4v) is 3.51. The van der Waals surface area contributed by atoms with E-state index < -0.39 is 0 Å². The highest BCUT2D eigenvalue weighted by Crippen LogP contribution is 2.30. The highest BCUT2D eigenvalue weighted by molar-refractivity contribution is 5.97. The second kappa shape index (κ2) is 8.19. The lowest BCUT2D eigenvalue weighted by atomic mass is 10.0. The molecule has 5 nitrogen and oxygen atoms in total. The van der Waals surface area contributed by atoms with Crippen LogP contribution in [0.5, 0.6) is 0 Å². The second-order valence-corrected chi connectivity index (χ2v) is 6.87. The van der Waals surface area contributed by atoms with Crippen LogP contribution in [-0.4, -0.2) is 22.0 Å². The summed E-state index contributed by atoms with van der Waals surface area (Å²) in [6.45, 7) is 4.19. The fourth-order valence-electron chi connectivity index (χ4n) is 3.51. The summed E-state index contributed by atoms with van der Waals surface area (Å²) in [5.41, 5.74) is 4.53. The minimum Gasteiger partial charge on any atom is -0.462 e. The molecule has 146 valence electrons. The number of ether oxygens (including phenoxy) is 1. The van der Waals surface area contributed by atoms with Crippen molar-refractivity contribution >= 4 is 17.3 Å². The number of hydrogen-bond acceptors (Lipinski definition) is 4. The van der Waals surface area contributed by atoms with E-state index in [1.165, 1.54) is 0 Å². The molecule has 0 spiro atoms. The van der Waals surface area contributed by atoms with Gasteiger partial charge < -0.3 is 14.5 Å². The van der Waals surface area contributed by atoms with Crippen molar-refractivity contribution in [3.63, 3.8) is 0 Å². The molecule has 1 atom stereocenters. The molecular formula is C24H23N3O2. The van der Waals surface area contributed by atoms with E-state index in [4.69, 9.17) is 4.74 Å². The van der Waals surface area contributed by atoms with Crippen LogP contribution in [0.2, 0.25) is 0 Å². The summed E-state index contributed by atoms with van der Waals surface area (Å²) in [6, 6.07) is 21.7. The van der Waals surface area contributed by atoms with Gasteiger partial charge in [-0.3, -0.25) is 0 Å². The molecule has 4 rings (SSSR count). The number of aromatic nitrogens is 2. The van der Waals surface area contributed by atoms with Gasteiger partial charge in [0.15, 0.2) is 0 Å². The SMILES string of the molecule is CCOC(=O)c1cc([C@@H](Nc2cc(C)ccn2)c2ccccc2)n2ccccc12. The summed E-state index contributed by atoms with van der Waals surface area (Å²) < 4.78 is 7.32. The summed E-state index contributed by atoms with van der Waals surface area (Å²) in [6.07, 6.45) is 3.76. The Morgan fingerprint density at radius 2 is 1.90 bits per heavy atom. The van der Waals surface area contributed by atoms with Crippen LogP contribution in [0, 0.1) is 6.92 Å². The van der Waals surface area contributed by atoms with Crippen LogP contribution < -0.4 is 5.32 Å². The predicted octanol–water partition coefficient (Wildman–Crippen LogP) is 5.02. The van der Waals surface area contributed by atoms with Crippen LogP contribution in [0.3, 0.4) is 0 Å². The van der Waals surface area contributed by atoms with Crippen molar-refractivity contribution in [3.8, 4) is 0 Å². The van der Waals surface area contributed by atoms with E-state index in [-0.39, 0.29) is 12.0 Å². The number of hydrogen-bond donors (Lipinski definition) is 1. The molecule has 3 heterocycles. The molecule has 0 aliphatic heterocycles. The topological polar surface area (TPSA) is 55.6 Å². The minimum absolute atomic E-state index is 0.191. The van der Waals surface area contributed by atoms with Crippen LogP contribution in [0.25, 0.3) is 5.52 Å². The van der Waals surface area contributed by atoms with Gasteiger partial charge in [0.25, 0.3) is 0 Å². The molecule has 0 saturated carbocycles. The summed E-state index contributed by atoms with van der Waals surface area (Å²) in [4.78, 5) is 17.0. The maximum atomic E-state index is 12.6. The third-order valence-corrected chi connectivity index (χ3v) is 4.84. The van der Waals surface area contributed by atoms with Gasteiger partial charge in [-0.2, -0.15) is 0 Å². The number of carbonyl (C=O) groups is 1. The molecule has 4 aromatic rings. The molecule has 0 unspecified atom stereocenters. The quantitative estimate of drug-likeness (QED) is 0.474. The van der Waals surface area contributed by atoms with Gasteiger partial charge in [0, 0.05) is 12.4 Å². The van der Waals surface area contributed by atoms with E-state index in [2.05, 4.69) is 22.4 Å². The van der Waals surface area contributed by atoms with Gasteiger partial charge in [-0.05, 0) is 55.3 Å². The van der Waals surface area contributed by atoms with Crippen molar-refractivity contribution in [2.75, 3.05) is 11.9 Å². The van der Waals surface area contributed by atoms with Crippen LogP contribution in [-0.2, 0) is 4.74 Å². The lowest BCUT2D eigenvalue weighted by Crippen LogP contribution is -2.15. The van der Waals surface area contributed by atoms with E-state index in [1.54, 1.807) is 6.20 Å². The first-order valence-corrected chi connectivity index (χ1v) is 9.68. The van der Waals surface area contributed by atoms with Crippen LogP contribution in [0.1, 0.15) is 40.1 Å². The van der Waals surface area contributed by atoms with Gasteiger partial charge in [0.1, 0.15) is 5.82 Å². The van der Waals surface area contributed by atoms with Crippen LogP contribution in [0.15, 0.2) is 79.1 Å². The Labute approximate surface area is 170 Å². The van der Waals surface area contributed by atoms with Gasteiger partial charge in [-0.25, -0.2) is 9.78 Å². The molecule has 0 aliphatic rings. The minimum atomic E-state index is -0.317. The smallest absolute Gasteiger partial charge is 0.340 e. The van der Waals surface area contributed by atoms with E-state index >= 15 is 0 Å². The predicted molar refractivity (Wildman–Crippen MR) is 114 cm³/mol. The Balaban J connectivity index is 1.86. The summed E-state index contributed by atoms with van der Waals surface area (Å²) in [7, 11) is 0. The molecule has 1 N–H and O–H groups in total. The zero-order valence-corrected chi connectivity index (χ0v) is 16.5. The zero-order valence-electron chi connectivity index (χ0n) is 16.5. The standard InChI is InChI=1S/C24H23N3O2/c1-3-29-24(28)19-16-21(27-14-8-7-11-20(19)27)23(18-9-5-4-6-10-18)26-22-15-17(2)12-13-25-22/h4-16,23H,3H2,1-2H3,(H,25,26)/t23-/m0/s1. The molecule has 0 aliphatic carbocycles. The average Bonchev–Trinajstić information content (AvgIpc) is 3.13. The number of nitrogens with zero attached hydrogens (tertiary/aromatic N) is 2. The number of benzene rings is 1. The Morgan fingerprint density at radius 1 is 1.10 bits per heavy atom. The molecule has 5 heteroatoms. The molecular weight excluding hydrogens is 362 g/mol. The fraction of sp³-hybridized carbons (Fsp3) is 0.167. The highest BCUT2D eigenvalue weighted by Gasteiger charge is 2.23. The van der Waals surface area contributed by atoms with Crippen molar-refractivity contribution in [1.29, 1.82) is 0 Å². The first-order chi connectivity index (χ1) is 14.2. The largest absolute Gasteiger partial charge is 0.462 e. The van der Waals surface area contributed by atoms with E-state index in [0.29, 0.717) is 12.2 Å². The van der Waals surface area contributed by atoms with Gasteiger partial charge >= 0.3 is 5.97 Å². The second-order valence-electron chi connectivity index (χ2n) is 6.87. The molecule has 0 fully saturated rings. The molecule has 0 amide bonds. The molecule has 0 saturated heterocycles. The zero-order chi connectivity index (χ0) is 20.2. The Kier molecular flexibility index (Phi) is 5.29. The number of pyridine rings is 2. The molecule has 1 aromatic carbocycles. The number of rotatable bonds is 6. The van der Waals surface area contributed by atoms with Gasteiger partial charge in [-0.15, -0.1) is 0 Å². The Bertz CT molecular complexity index is 1140. The monoisotopic (exact) mass is 385 g/mol. The van der Waals surface area contributed by atoms with Gasteiger partial charge in [0.2, 0.25) is 0 Å². The number of carbonyl (C=O) groups excluding carboxylic acids is 1. The summed E-state index contributed by atoms with van der Waals surface area (Å²) in [5, 5.41) is 3.54. The van der Waals surface area contributed by atoms with Gasteiger partial charge in [0.05, 0.1) is 29.4 Å². The van der Waals surface area contributed by atoms with E-state index in [0.717, 1.165) is 28.2 Å². The van der Waals surface area contributed by atoms with Crippen LogP contribution >= 0.6 is 0 Å². The van der Waals surface area contributed by atoms with Crippen molar-refractivity contribution in [2.24, 2.45) is 0 Å². The van der Waals surface area contributed by atoms with E-state index in [1.807, 2.05) is 79.0 Å². The lowest BCUT2D eigenvalue weighted by Gasteiger charge is -2.20. The number of fused-ring (bicyclic) bond motifs is 1.